The van der Waals surface area contributed by atoms with Crippen molar-refractivity contribution in [2.75, 3.05) is 18.5 Å². The number of rotatable bonds is 5. The molecule has 3 amide bonds. The zero-order valence-corrected chi connectivity index (χ0v) is 16.4. The van der Waals surface area contributed by atoms with Crippen LogP contribution in [0.3, 0.4) is 0 Å². The molecule has 1 heterocycles. The van der Waals surface area contributed by atoms with Crippen LogP contribution in [0.2, 0.25) is 0 Å². The molecule has 1 saturated carbocycles. The van der Waals surface area contributed by atoms with Crippen LogP contribution in [0, 0.1) is 13.8 Å². The smallest absolute Gasteiger partial charge is 0.320 e. The van der Waals surface area contributed by atoms with Crippen LogP contribution in [0.4, 0.5) is 10.5 Å². The second-order valence-electron chi connectivity index (χ2n) is 7.83. The first-order chi connectivity index (χ1) is 13.0. The van der Waals surface area contributed by atoms with Crippen LogP contribution in [0.5, 0.6) is 0 Å². The molecule has 6 heteroatoms. The summed E-state index contributed by atoms with van der Waals surface area (Å²) in [7, 11) is 0. The molecular weight excluding hydrogens is 342 g/mol. The van der Waals surface area contributed by atoms with Gasteiger partial charge in [0.2, 0.25) is 5.91 Å². The van der Waals surface area contributed by atoms with Crippen molar-refractivity contribution in [1.82, 2.24) is 10.6 Å². The number of hydrogen-bond acceptors (Lipinski definition) is 3. The number of benzene rings is 1. The Hall–Kier alpha value is -2.08. The molecule has 1 aliphatic carbocycles. The van der Waals surface area contributed by atoms with Crippen molar-refractivity contribution < 1.29 is 14.3 Å². The molecule has 1 saturated heterocycles. The quantitative estimate of drug-likeness (QED) is 0.740. The lowest BCUT2D eigenvalue weighted by Gasteiger charge is -2.37. The maximum atomic E-state index is 13.0. The van der Waals surface area contributed by atoms with Gasteiger partial charge in [-0.05, 0) is 50.7 Å². The lowest BCUT2D eigenvalue weighted by molar-refractivity contribution is -0.129. The molecule has 0 radical (unpaired) electrons. The molecule has 1 atom stereocenters. The van der Waals surface area contributed by atoms with Gasteiger partial charge in [0.25, 0.3) is 0 Å². The first-order valence-corrected chi connectivity index (χ1v) is 10.1. The predicted molar refractivity (Wildman–Crippen MR) is 106 cm³/mol. The average molecular weight is 373 g/mol. The summed E-state index contributed by atoms with van der Waals surface area (Å²) in [4.78, 5) is 25.7. The maximum Gasteiger partial charge on any atom is 0.320 e. The lowest BCUT2D eigenvalue weighted by Crippen LogP contribution is -2.61. The van der Waals surface area contributed by atoms with Crippen LogP contribution in [0.1, 0.15) is 56.1 Å². The molecule has 3 rings (SSSR count). The minimum Gasteiger partial charge on any atom is -0.376 e. The van der Waals surface area contributed by atoms with E-state index >= 15 is 0 Å². The van der Waals surface area contributed by atoms with Crippen LogP contribution in [-0.2, 0) is 9.53 Å². The van der Waals surface area contributed by atoms with E-state index in [1.54, 1.807) is 0 Å². The minimum absolute atomic E-state index is 0.0886. The van der Waals surface area contributed by atoms with Gasteiger partial charge in [-0.1, -0.05) is 37.5 Å². The Morgan fingerprint density at radius 2 is 1.81 bits per heavy atom. The summed E-state index contributed by atoms with van der Waals surface area (Å²) < 4.78 is 5.60. The number of aryl methyl sites for hydroxylation is 2. The zero-order valence-electron chi connectivity index (χ0n) is 16.4. The van der Waals surface area contributed by atoms with Crippen molar-refractivity contribution in [1.29, 1.82) is 0 Å². The predicted octanol–water partition coefficient (Wildman–Crippen LogP) is 3.42. The zero-order chi connectivity index (χ0) is 19.3. The monoisotopic (exact) mass is 373 g/mol. The van der Waals surface area contributed by atoms with Crippen molar-refractivity contribution in [3.8, 4) is 0 Å². The van der Waals surface area contributed by atoms with Crippen molar-refractivity contribution in [3.63, 3.8) is 0 Å². The number of urea groups is 1. The van der Waals surface area contributed by atoms with Gasteiger partial charge in [0, 0.05) is 18.8 Å². The number of carbonyl (C=O) groups is 2. The molecule has 1 aliphatic heterocycles. The van der Waals surface area contributed by atoms with Crippen molar-refractivity contribution in [2.24, 2.45) is 0 Å². The number of hydrogen-bond donors (Lipinski definition) is 3. The Morgan fingerprint density at radius 3 is 2.44 bits per heavy atom. The van der Waals surface area contributed by atoms with Gasteiger partial charge in [-0.25, -0.2) is 4.79 Å². The number of anilines is 1. The molecule has 0 unspecified atom stereocenters. The van der Waals surface area contributed by atoms with Gasteiger partial charge in [-0.3, -0.25) is 4.79 Å². The highest BCUT2D eigenvalue weighted by molar-refractivity contribution is 5.97. The molecule has 148 valence electrons. The number of amides is 3. The topological polar surface area (TPSA) is 79.5 Å². The summed E-state index contributed by atoms with van der Waals surface area (Å²) in [5, 5.41) is 8.98. The minimum atomic E-state index is -0.836. The average Bonchev–Trinajstić information content (AvgIpc) is 3.17. The van der Waals surface area contributed by atoms with Crippen LogP contribution in [0.25, 0.3) is 0 Å². The Balaban J connectivity index is 1.66. The van der Waals surface area contributed by atoms with Crippen LogP contribution in [-0.4, -0.2) is 36.7 Å². The molecular formula is C21H31N3O3. The van der Waals surface area contributed by atoms with Crippen LogP contribution >= 0.6 is 0 Å². The van der Waals surface area contributed by atoms with E-state index in [4.69, 9.17) is 4.74 Å². The maximum absolute atomic E-state index is 13.0. The molecule has 0 aromatic heterocycles. The van der Waals surface area contributed by atoms with Crippen molar-refractivity contribution >= 4 is 17.6 Å². The summed E-state index contributed by atoms with van der Waals surface area (Å²) >= 11 is 0. The Bertz CT molecular complexity index is 657. The molecule has 0 spiro atoms. The van der Waals surface area contributed by atoms with Crippen molar-refractivity contribution in [3.05, 3.63) is 29.3 Å². The van der Waals surface area contributed by atoms with E-state index in [0.717, 1.165) is 55.5 Å². The first kappa shape index (κ1) is 19.7. The standard InChI is InChI=1S/C21H31N3O3/c1-15-8-6-9-16(2)18(15)23-20(26)24-21(11-4-3-5-12-21)19(25)22-14-17-10-7-13-27-17/h6,8-9,17H,3-5,7,10-14H2,1-2H3,(H,22,25)(H2,23,24,26)/t17-/m1/s1. The highest BCUT2D eigenvalue weighted by atomic mass is 16.5. The normalized spacial score (nSPS) is 21.5. The summed E-state index contributed by atoms with van der Waals surface area (Å²) in [6.45, 7) is 5.21. The van der Waals surface area contributed by atoms with Crippen molar-refractivity contribution in [2.45, 2.75) is 70.4 Å². The van der Waals surface area contributed by atoms with Gasteiger partial charge >= 0.3 is 6.03 Å². The molecule has 27 heavy (non-hydrogen) atoms. The number of para-hydroxylation sites is 1. The molecule has 0 bridgehead atoms. The fourth-order valence-electron chi connectivity index (χ4n) is 4.12. The molecule has 2 fully saturated rings. The Morgan fingerprint density at radius 1 is 1.11 bits per heavy atom. The highest BCUT2D eigenvalue weighted by Gasteiger charge is 2.41. The van der Waals surface area contributed by atoms with Gasteiger partial charge < -0.3 is 20.7 Å². The fraction of sp³-hybridized carbons (Fsp3) is 0.619. The largest absolute Gasteiger partial charge is 0.376 e. The SMILES string of the molecule is Cc1cccc(C)c1NC(=O)NC1(C(=O)NC[C@H]2CCCO2)CCCCC1. The molecule has 2 aliphatic rings. The van der Waals surface area contributed by atoms with E-state index in [1.165, 1.54) is 0 Å². The summed E-state index contributed by atoms with van der Waals surface area (Å²) in [6, 6.07) is 5.58. The van der Waals surface area contributed by atoms with Gasteiger partial charge in [0.15, 0.2) is 0 Å². The number of ether oxygens (including phenoxy) is 1. The second-order valence-corrected chi connectivity index (χ2v) is 7.83. The highest BCUT2D eigenvalue weighted by Crippen LogP contribution is 2.29. The van der Waals surface area contributed by atoms with Crippen LogP contribution in [0.15, 0.2) is 18.2 Å². The summed E-state index contributed by atoms with van der Waals surface area (Å²) in [6.07, 6.45) is 6.44. The lowest BCUT2D eigenvalue weighted by atomic mass is 9.81. The van der Waals surface area contributed by atoms with E-state index in [-0.39, 0.29) is 18.0 Å². The van der Waals surface area contributed by atoms with E-state index in [0.29, 0.717) is 19.4 Å². The van der Waals surface area contributed by atoms with E-state index in [2.05, 4.69) is 16.0 Å². The van der Waals surface area contributed by atoms with E-state index in [1.807, 2.05) is 32.0 Å². The summed E-state index contributed by atoms with van der Waals surface area (Å²) in [5.74, 6) is -0.0886. The van der Waals surface area contributed by atoms with E-state index < -0.39 is 5.54 Å². The number of nitrogens with one attached hydrogen (secondary N) is 3. The van der Waals surface area contributed by atoms with Crippen LogP contribution < -0.4 is 16.0 Å². The van der Waals surface area contributed by atoms with Gasteiger partial charge in [0.1, 0.15) is 5.54 Å². The van der Waals surface area contributed by atoms with E-state index in [9.17, 15) is 9.59 Å². The molecule has 6 nitrogen and oxygen atoms in total. The Labute approximate surface area is 161 Å². The molecule has 3 N–H and O–H groups in total. The van der Waals surface area contributed by atoms with Gasteiger partial charge in [-0.2, -0.15) is 0 Å². The third-order valence-corrected chi connectivity index (χ3v) is 5.73. The van der Waals surface area contributed by atoms with Gasteiger partial charge in [-0.15, -0.1) is 0 Å². The third kappa shape index (κ3) is 4.80. The van der Waals surface area contributed by atoms with Gasteiger partial charge in [0.05, 0.1) is 6.10 Å². The second kappa shape index (κ2) is 8.74. The Kier molecular flexibility index (Phi) is 6.37. The molecule has 1 aromatic carbocycles. The molecule has 1 aromatic rings. The number of carbonyl (C=O) groups excluding carboxylic acids is 2. The first-order valence-electron chi connectivity index (χ1n) is 10.1. The summed E-state index contributed by atoms with van der Waals surface area (Å²) in [5.41, 5.74) is 1.98. The fourth-order valence-corrected chi connectivity index (χ4v) is 4.12. The third-order valence-electron chi connectivity index (χ3n) is 5.73.